The molecule has 158 valence electrons. The Morgan fingerprint density at radius 2 is 2.00 bits per heavy atom. The van der Waals surface area contributed by atoms with Crippen LogP contribution in [0.3, 0.4) is 0 Å². The van der Waals surface area contributed by atoms with Crippen molar-refractivity contribution in [1.82, 2.24) is 4.98 Å². The smallest absolute Gasteiger partial charge is 0.233 e. The van der Waals surface area contributed by atoms with Crippen molar-refractivity contribution in [1.29, 1.82) is 0 Å². The van der Waals surface area contributed by atoms with Crippen LogP contribution >= 0.6 is 11.3 Å². The number of ether oxygens (including phenoxy) is 1. The maximum atomic E-state index is 13.6. The topological polar surface area (TPSA) is 42.4 Å². The molecule has 5 heteroatoms. The minimum atomic E-state index is 0.0896. The molecular weight excluding hydrogens is 392 g/mol. The SMILES string of the molecule is CCc1cccc2sc(N(CC3CCCO3)C(=O)Cc3c(C)cc(C)cc3C)nc12. The Balaban J connectivity index is 1.68. The molecule has 3 aromatic rings. The summed E-state index contributed by atoms with van der Waals surface area (Å²) in [5.74, 6) is 0.0951. The van der Waals surface area contributed by atoms with Gasteiger partial charge in [0.05, 0.1) is 29.3 Å². The second kappa shape index (κ2) is 8.86. The predicted octanol–water partition coefficient (Wildman–Crippen LogP) is 5.54. The minimum Gasteiger partial charge on any atom is -0.376 e. The Hall–Kier alpha value is -2.24. The molecule has 0 spiro atoms. The van der Waals surface area contributed by atoms with Gasteiger partial charge in [0.25, 0.3) is 0 Å². The van der Waals surface area contributed by atoms with E-state index in [1.165, 1.54) is 22.3 Å². The zero-order valence-electron chi connectivity index (χ0n) is 18.3. The molecule has 1 fully saturated rings. The van der Waals surface area contributed by atoms with E-state index in [1.54, 1.807) is 11.3 Å². The number of amides is 1. The van der Waals surface area contributed by atoms with Gasteiger partial charge in [0, 0.05) is 6.61 Å². The van der Waals surface area contributed by atoms with Crippen LogP contribution in [-0.4, -0.2) is 30.1 Å². The normalized spacial score (nSPS) is 16.3. The van der Waals surface area contributed by atoms with Crippen LogP contribution in [0.25, 0.3) is 10.2 Å². The third-order valence-corrected chi connectivity index (χ3v) is 7.03. The summed E-state index contributed by atoms with van der Waals surface area (Å²) in [7, 11) is 0. The van der Waals surface area contributed by atoms with E-state index in [9.17, 15) is 4.79 Å². The molecule has 0 bridgehead atoms. The lowest BCUT2D eigenvalue weighted by molar-refractivity contribution is -0.118. The molecule has 4 rings (SSSR count). The van der Waals surface area contributed by atoms with Crippen molar-refractivity contribution in [3.63, 3.8) is 0 Å². The van der Waals surface area contributed by atoms with Gasteiger partial charge in [-0.25, -0.2) is 4.98 Å². The van der Waals surface area contributed by atoms with Gasteiger partial charge in [-0.15, -0.1) is 0 Å². The summed E-state index contributed by atoms with van der Waals surface area (Å²) < 4.78 is 7.01. The molecule has 0 N–H and O–H groups in total. The summed E-state index contributed by atoms with van der Waals surface area (Å²) in [6.45, 7) is 9.79. The molecule has 4 nitrogen and oxygen atoms in total. The van der Waals surface area contributed by atoms with Crippen LogP contribution in [-0.2, 0) is 22.4 Å². The average Bonchev–Trinajstić information content (AvgIpc) is 3.37. The molecule has 1 amide bonds. The van der Waals surface area contributed by atoms with Gasteiger partial charge in [0.1, 0.15) is 0 Å². The van der Waals surface area contributed by atoms with Gasteiger partial charge in [0.2, 0.25) is 5.91 Å². The fraction of sp³-hybridized carbons (Fsp3) is 0.440. The predicted molar refractivity (Wildman–Crippen MR) is 125 cm³/mol. The third kappa shape index (κ3) is 4.28. The van der Waals surface area contributed by atoms with Crippen LogP contribution in [0.4, 0.5) is 5.13 Å². The van der Waals surface area contributed by atoms with Crippen molar-refractivity contribution in [3.05, 3.63) is 58.1 Å². The largest absolute Gasteiger partial charge is 0.376 e. The molecule has 0 radical (unpaired) electrons. The Labute approximate surface area is 182 Å². The van der Waals surface area contributed by atoms with Crippen LogP contribution in [0, 0.1) is 20.8 Å². The Bertz CT molecular complexity index is 1040. The number of rotatable bonds is 6. The van der Waals surface area contributed by atoms with Crippen LogP contribution < -0.4 is 4.90 Å². The van der Waals surface area contributed by atoms with E-state index >= 15 is 0 Å². The monoisotopic (exact) mass is 422 g/mol. The van der Waals surface area contributed by atoms with Crippen molar-refractivity contribution in [3.8, 4) is 0 Å². The second-order valence-corrected chi connectivity index (χ2v) is 9.32. The van der Waals surface area contributed by atoms with Crippen LogP contribution in [0.5, 0.6) is 0 Å². The average molecular weight is 423 g/mol. The van der Waals surface area contributed by atoms with Crippen molar-refractivity contribution in [2.75, 3.05) is 18.1 Å². The highest BCUT2D eigenvalue weighted by atomic mass is 32.1. The van der Waals surface area contributed by atoms with Gasteiger partial charge in [-0.1, -0.05) is 48.1 Å². The summed E-state index contributed by atoms with van der Waals surface area (Å²) >= 11 is 1.61. The number of nitrogens with zero attached hydrogens (tertiary/aromatic N) is 2. The molecule has 0 aliphatic carbocycles. The second-order valence-electron chi connectivity index (χ2n) is 8.31. The van der Waals surface area contributed by atoms with Gasteiger partial charge in [0.15, 0.2) is 5.13 Å². The van der Waals surface area contributed by atoms with Crippen LogP contribution in [0.2, 0.25) is 0 Å². The number of benzene rings is 2. The number of hydrogen-bond donors (Lipinski definition) is 0. The standard InChI is InChI=1S/C25H30N2O2S/c1-5-19-8-6-10-22-24(19)26-25(30-22)27(15-20-9-7-11-29-20)23(28)14-21-17(3)12-16(2)13-18(21)4/h6,8,10,12-13,20H,5,7,9,11,14-15H2,1-4H3. The molecule has 1 aromatic heterocycles. The number of aryl methyl sites for hydroxylation is 4. The molecule has 0 saturated carbocycles. The van der Waals surface area contributed by atoms with Crippen LogP contribution in [0.15, 0.2) is 30.3 Å². The van der Waals surface area contributed by atoms with Crippen molar-refractivity contribution < 1.29 is 9.53 Å². The molecular formula is C25H30N2O2S. The van der Waals surface area contributed by atoms with Gasteiger partial charge >= 0.3 is 0 Å². The number of carbonyl (C=O) groups is 1. The van der Waals surface area contributed by atoms with Crippen molar-refractivity contribution in [2.45, 2.75) is 59.5 Å². The molecule has 1 unspecified atom stereocenters. The number of para-hydroxylation sites is 1. The number of hydrogen-bond acceptors (Lipinski definition) is 4. The first-order valence-electron chi connectivity index (χ1n) is 10.8. The number of anilines is 1. The van der Waals surface area contributed by atoms with E-state index in [0.717, 1.165) is 46.8 Å². The quantitative estimate of drug-likeness (QED) is 0.524. The first-order chi connectivity index (χ1) is 14.5. The highest BCUT2D eigenvalue weighted by molar-refractivity contribution is 7.22. The summed E-state index contributed by atoms with van der Waals surface area (Å²) in [6, 6.07) is 10.6. The van der Waals surface area contributed by atoms with Crippen molar-refractivity contribution in [2.24, 2.45) is 0 Å². The molecule has 2 aromatic carbocycles. The summed E-state index contributed by atoms with van der Waals surface area (Å²) in [4.78, 5) is 20.3. The third-order valence-electron chi connectivity index (χ3n) is 5.98. The fourth-order valence-electron chi connectivity index (χ4n) is 4.41. The molecule has 30 heavy (non-hydrogen) atoms. The Kier molecular flexibility index (Phi) is 6.21. The molecule has 1 aliphatic heterocycles. The summed E-state index contributed by atoms with van der Waals surface area (Å²) in [5.41, 5.74) is 6.96. The fourth-order valence-corrected chi connectivity index (χ4v) is 5.45. The van der Waals surface area contributed by atoms with E-state index in [1.807, 2.05) is 4.90 Å². The molecule has 2 heterocycles. The Morgan fingerprint density at radius 1 is 1.23 bits per heavy atom. The number of thiazole rings is 1. The molecule has 1 atom stereocenters. The zero-order chi connectivity index (χ0) is 21.3. The summed E-state index contributed by atoms with van der Waals surface area (Å²) in [5, 5.41) is 0.786. The van der Waals surface area contributed by atoms with E-state index in [4.69, 9.17) is 9.72 Å². The van der Waals surface area contributed by atoms with E-state index in [2.05, 4.69) is 58.0 Å². The lowest BCUT2D eigenvalue weighted by Crippen LogP contribution is -2.38. The lowest BCUT2D eigenvalue weighted by Gasteiger charge is -2.24. The highest BCUT2D eigenvalue weighted by Gasteiger charge is 2.27. The van der Waals surface area contributed by atoms with Gasteiger partial charge < -0.3 is 4.74 Å². The lowest BCUT2D eigenvalue weighted by atomic mass is 9.97. The Morgan fingerprint density at radius 3 is 2.67 bits per heavy atom. The maximum Gasteiger partial charge on any atom is 0.233 e. The van der Waals surface area contributed by atoms with E-state index < -0.39 is 0 Å². The number of aromatic nitrogens is 1. The molecule has 1 saturated heterocycles. The van der Waals surface area contributed by atoms with Crippen molar-refractivity contribution >= 4 is 32.6 Å². The molecule has 1 aliphatic rings. The number of carbonyl (C=O) groups excluding carboxylic acids is 1. The van der Waals surface area contributed by atoms with Gasteiger partial charge in [-0.2, -0.15) is 0 Å². The van der Waals surface area contributed by atoms with E-state index in [0.29, 0.717) is 13.0 Å². The van der Waals surface area contributed by atoms with Crippen LogP contribution in [0.1, 0.15) is 47.6 Å². The first-order valence-corrected chi connectivity index (χ1v) is 11.6. The first kappa shape index (κ1) is 21.0. The maximum absolute atomic E-state index is 13.6. The number of fused-ring (bicyclic) bond motifs is 1. The summed E-state index contributed by atoms with van der Waals surface area (Å²) in [6.07, 6.45) is 3.47. The minimum absolute atomic E-state index is 0.0896. The van der Waals surface area contributed by atoms with E-state index in [-0.39, 0.29) is 12.0 Å². The zero-order valence-corrected chi connectivity index (χ0v) is 19.1. The van der Waals surface area contributed by atoms with Gasteiger partial charge in [-0.3, -0.25) is 9.69 Å². The van der Waals surface area contributed by atoms with Gasteiger partial charge in [-0.05, 0) is 68.4 Å². The highest BCUT2D eigenvalue weighted by Crippen LogP contribution is 2.32.